The molecular weight excluding hydrogens is 298 g/mol. The monoisotopic (exact) mass is 316 g/mol. The number of nitrogens with zero attached hydrogens (tertiary/aromatic N) is 1. The Labute approximate surface area is 123 Å². The molecule has 0 aliphatic rings. The largest absolute Gasteiger partial charge is 0.348 e. The van der Waals surface area contributed by atoms with Crippen LogP contribution in [-0.4, -0.2) is 20.4 Å². The SMILES string of the molecule is Cc1ccc(S(=O)(=O)NC(C(C)(C)C)C(F)(F)C#N)cc1. The van der Waals surface area contributed by atoms with Gasteiger partial charge in [0.25, 0.3) is 0 Å². The van der Waals surface area contributed by atoms with Crippen molar-refractivity contribution in [1.82, 2.24) is 4.72 Å². The molecule has 0 aliphatic heterocycles. The fourth-order valence-electron chi connectivity index (χ4n) is 1.80. The molecule has 1 unspecified atom stereocenters. The number of sulfonamides is 1. The molecular formula is C14H18F2N2O2S. The van der Waals surface area contributed by atoms with Gasteiger partial charge < -0.3 is 0 Å². The van der Waals surface area contributed by atoms with Crippen molar-refractivity contribution in [3.05, 3.63) is 29.8 Å². The lowest BCUT2D eigenvalue weighted by atomic mass is 9.84. The Hall–Kier alpha value is -1.52. The highest BCUT2D eigenvalue weighted by Gasteiger charge is 2.48. The van der Waals surface area contributed by atoms with Crippen molar-refractivity contribution >= 4 is 10.0 Å². The first-order valence-electron chi connectivity index (χ1n) is 6.28. The molecule has 1 N–H and O–H groups in total. The number of aryl methyl sites for hydroxylation is 1. The zero-order chi connectivity index (χ0) is 16.5. The Bertz CT molecular complexity index is 641. The maximum absolute atomic E-state index is 13.7. The summed E-state index contributed by atoms with van der Waals surface area (Å²) in [5.74, 6) is -3.81. The lowest BCUT2D eigenvalue weighted by Gasteiger charge is -2.33. The standard InChI is InChI=1S/C14H18F2N2O2S/c1-10-5-7-11(8-6-10)21(19,20)18-12(13(2,3)4)14(15,16)9-17/h5-8,12,18H,1-4H3. The zero-order valence-corrected chi connectivity index (χ0v) is 13.1. The smallest absolute Gasteiger partial charge is 0.207 e. The molecule has 0 fully saturated rings. The molecule has 0 radical (unpaired) electrons. The first kappa shape index (κ1) is 17.5. The Balaban J connectivity index is 3.21. The second kappa shape index (κ2) is 5.70. The normalized spacial score (nSPS) is 14.5. The van der Waals surface area contributed by atoms with Gasteiger partial charge >= 0.3 is 5.92 Å². The third-order valence-corrected chi connectivity index (χ3v) is 4.42. The predicted octanol–water partition coefficient (Wildman–Crippen LogP) is 2.85. The molecule has 1 aromatic carbocycles. The molecule has 21 heavy (non-hydrogen) atoms. The van der Waals surface area contributed by atoms with Crippen LogP contribution in [0.3, 0.4) is 0 Å². The highest BCUT2D eigenvalue weighted by molar-refractivity contribution is 7.89. The van der Waals surface area contributed by atoms with E-state index in [0.717, 1.165) is 11.6 Å². The van der Waals surface area contributed by atoms with E-state index >= 15 is 0 Å². The van der Waals surface area contributed by atoms with Crippen LogP contribution in [-0.2, 0) is 10.0 Å². The topological polar surface area (TPSA) is 70.0 Å². The van der Waals surface area contributed by atoms with Crippen molar-refractivity contribution in [2.24, 2.45) is 5.41 Å². The fraction of sp³-hybridized carbons (Fsp3) is 0.500. The summed E-state index contributed by atoms with van der Waals surface area (Å²) in [4.78, 5) is -0.115. The average molecular weight is 316 g/mol. The molecule has 0 spiro atoms. The lowest BCUT2D eigenvalue weighted by Crippen LogP contribution is -2.54. The van der Waals surface area contributed by atoms with Crippen molar-refractivity contribution in [1.29, 1.82) is 5.26 Å². The van der Waals surface area contributed by atoms with Gasteiger partial charge in [-0.05, 0) is 24.5 Å². The Kier molecular flexibility index (Phi) is 4.76. The summed E-state index contributed by atoms with van der Waals surface area (Å²) in [5.41, 5.74) is -0.277. The van der Waals surface area contributed by atoms with Crippen LogP contribution < -0.4 is 4.72 Å². The van der Waals surface area contributed by atoms with Gasteiger partial charge in [-0.3, -0.25) is 0 Å². The molecule has 0 heterocycles. The van der Waals surface area contributed by atoms with Crippen molar-refractivity contribution < 1.29 is 17.2 Å². The van der Waals surface area contributed by atoms with Gasteiger partial charge in [0.2, 0.25) is 10.0 Å². The van der Waals surface area contributed by atoms with Crippen LogP contribution in [0, 0.1) is 23.7 Å². The molecule has 0 saturated heterocycles. The summed E-state index contributed by atoms with van der Waals surface area (Å²) < 4.78 is 53.8. The average Bonchev–Trinajstić information content (AvgIpc) is 2.35. The van der Waals surface area contributed by atoms with Crippen LogP contribution >= 0.6 is 0 Å². The second-order valence-electron chi connectivity index (χ2n) is 5.97. The van der Waals surface area contributed by atoms with Gasteiger partial charge in [-0.15, -0.1) is 0 Å². The van der Waals surface area contributed by atoms with E-state index in [2.05, 4.69) is 0 Å². The third kappa shape index (κ3) is 4.22. The number of hydrogen-bond donors (Lipinski definition) is 1. The molecule has 116 valence electrons. The van der Waals surface area contributed by atoms with Crippen LogP contribution in [0.5, 0.6) is 0 Å². The number of nitrogens with one attached hydrogen (secondary N) is 1. The second-order valence-corrected chi connectivity index (χ2v) is 7.68. The summed E-state index contributed by atoms with van der Waals surface area (Å²) in [7, 11) is -4.13. The first-order chi connectivity index (χ1) is 9.40. The van der Waals surface area contributed by atoms with Crippen molar-refractivity contribution in [2.75, 3.05) is 0 Å². The maximum Gasteiger partial charge on any atom is 0.348 e. The molecule has 0 bridgehead atoms. The van der Waals surface area contributed by atoms with Gasteiger partial charge in [0.1, 0.15) is 12.1 Å². The summed E-state index contributed by atoms with van der Waals surface area (Å²) in [6.45, 7) is 6.12. The van der Waals surface area contributed by atoms with Gasteiger partial charge in [0.15, 0.2) is 0 Å². The molecule has 0 aromatic heterocycles. The van der Waals surface area contributed by atoms with Crippen molar-refractivity contribution in [2.45, 2.75) is 44.6 Å². The van der Waals surface area contributed by atoms with Crippen LogP contribution in [0.15, 0.2) is 29.2 Å². The maximum atomic E-state index is 13.7. The zero-order valence-electron chi connectivity index (χ0n) is 12.3. The fourth-order valence-corrected chi connectivity index (χ4v) is 3.24. The number of benzene rings is 1. The van der Waals surface area contributed by atoms with E-state index in [1.165, 1.54) is 32.9 Å². The molecule has 1 aromatic rings. The number of hydrogen-bond acceptors (Lipinski definition) is 3. The minimum atomic E-state index is -4.13. The van der Waals surface area contributed by atoms with E-state index in [9.17, 15) is 17.2 Å². The molecule has 0 amide bonds. The molecule has 1 atom stereocenters. The Morgan fingerprint density at radius 2 is 1.67 bits per heavy atom. The Morgan fingerprint density at radius 1 is 1.19 bits per heavy atom. The number of halogens is 2. The van der Waals surface area contributed by atoms with E-state index in [-0.39, 0.29) is 4.90 Å². The van der Waals surface area contributed by atoms with Gasteiger partial charge in [0, 0.05) is 0 Å². The highest BCUT2D eigenvalue weighted by atomic mass is 32.2. The van der Waals surface area contributed by atoms with Crippen LogP contribution in [0.25, 0.3) is 0 Å². The third-order valence-electron chi connectivity index (χ3n) is 2.98. The van der Waals surface area contributed by atoms with E-state index in [4.69, 9.17) is 5.26 Å². The summed E-state index contributed by atoms with van der Waals surface area (Å²) in [6.07, 6.45) is 0. The van der Waals surface area contributed by atoms with Crippen LogP contribution in [0.1, 0.15) is 26.3 Å². The van der Waals surface area contributed by atoms with Crippen molar-refractivity contribution in [3.8, 4) is 6.07 Å². The molecule has 7 heteroatoms. The minimum Gasteiger partial charge on any atom is -0.207 e. The van der Waals surface area contributed by atoms with E-state index in [1.807, 2.05) is 4.72 Å². The molecule has 4 nitrogen and oxygen atoms in total. The van der Waals surface area contributed by atoms with Gasteiger partial charge in [-0.25, -0.2) is 13.1 Å². The van der Waals surface area contributed by atoms with Crippen LogP contribution in [0.4, 0.5) is 8.78 Å². The first-order valence-corrected chi connectivity index (χ1v) is 7.76. The van der Waals surface area contributed by atoms with E-state index in [1.54, 1.807) is 19.1 Å². The number of nitriles is 1. The number of rotatable bonds is 4. The molecule has 0 aliphatic carbocycles. The minimum absolute atomic E-state index is 0.115. The molecule has 0 saturated carbocycles. The quantitative estimate of drug-likeness (QED) is 0.928. The summed E-state index contributed by atoms with van der Waals surface area (Å²) >= 11 is 0. The Morgan fingerprint density at radius 3 is 2.05 bits per heavy atom. The van der Waals surface area contributed by atoms with Gasteiger partial charge in [-0.2, -0.15) is 14.0 Å². The summed E-state index contributed by atoms with van der Waals surface area (Å²) in [6, 6.07) is 4.85. The summed E-state index contributed by atoms with van der Waals surface area (Å²) in [5, 5.41) is 8.60. The number of alkyl halides is 2. The van der Waals surface area contributed by atoms with Crippen molar-refractivity contribution in [3.63, 3.8) is 0 Å². The van der Waals surface area contributed by atoms with Crippen LogP contribution in [0.2, 0.25) is 0 Å². The highest BCUT2D eigenvalue weighted by Crippen LogP contribution is 2.33. The van der Waals surface area contributed by atoms with E-state index < -0.39 is 27.4 Å². The molecule has 1 rings (SSSR count). The predicted molar refractivity (Wildman–Crippen MR) is 75.3 cm³/mol. The van der Waals surface area contributed by atoms with Gasteiger partial charge in [-0.1, -0.05) is 38.5 Å². The van der Waals surface area contributed by atoms with Gasteiger partial charge in [0.05, 0.1) is 4.90 Å². The van der Waals surface area contributed by atoms with E-state index in [0.29, 0.717) is 0 Å². The lowest BCUT2D eigenvalue weighted by molar-refractivity contribution is -0.0115.